The Hall–Kier alpha value is -3.82. The lowest BCUT2D eigenvalue weighted by Crippen LogP contribution is -2.47. The van der Waals surface area contributed by atoms with Crippen LogP contribution in [0.3, 0.4) is 0 Å². The second-order valence-corrected chi connectivity index (χ2v) is 7.35. The van der Waals surface area contributed by atoms with E-state index >= 15 is 4.39 Å². The summed E-state index contributed by atoms with van der Waals surface area (Å²) in [6, 6.07) is 9.10. The summed E-state index contributed by atoms with van der Waals surface area (Å²) in [5.41, 5.74) is 14.0. The van der Waals surface area contributed by atoms with Crippen LogP contribution in [-0.4, -0.2) is 47.6 Å². The molecule has 1 amide bonds. The minimum atomic E-state index is -0.955. The van der Waals surface area contributed by atoms with Gasteiger partial charge in [-0.05, 0) is 25.1 Å². The highest BCUT2D eigenvalue weighted by molar-refractivity contribution is 5.87. The Balaban J connectivity index is 1.42. The summed E-state index contributed by atoms with van der Waals surface area (Å²) < 4.78 is 22.0. The molecule has 0 saturated carbocycles. The van der Waals surface area contributed by atoms with E-state index in [4.69, 9.17) is 16.2 Å². The lowest BCUT2D eigenvalue weighted by molar-refractivity contribution is 0.149. The van der Waals surface area contributed by atoms with Crippen molar-refractivity contribution in [3.8, 4) is 0 Å². The molecular weight excluding hydrogens is 401 g/mol. The average Bonchev–Trinajstić information content (AvgIpc) is 3.12. The molecule has 31 heavy (non-hydrogen) atoms. The van der Waals surface area contributed by atoms with Crippen molar-refractivity contribution in [1.29, 1.82) is 0 Å². The van der Waals surface area contributed by atoms with Crippen LogP contribution in [0.2, 0.25) is 0 Å². The number of aryl methyl sites for hydroxylation is 1. The number of anilines is 2. The van der Waals surface area contributed by atoms with Gasteiger partial charge in [0.25, 0.3) is 0 Å². The van der Waals surface area contributed by atoms with Crippen LogP contribution in [0.1, 0.15) is 11.3 Å². The van der Waals surface area contributed by atoms with Crippen molar-refractivity contribution in [3.63, 3.8) is 0 Å². The largest absolute Gasteiger partial charge is 0.443 e. The highest BCUT2D eigenvalue weighted by Gasteiger charge is 2.21. The van der Waals surface area contributed by atoms with E-state index < -0.39 is 17.9 Å². The maximum absolute atomic E-state index is 15.0. The highest BCUT2D eigenvalue weighted by atomic mass is 19.1. The number of hydrogen-bond acceptors (Lipinski definition) is 5. The van der Waals surface area contributed by atoms with Crippen LogP contribution in [-0.2, 0) is 11.3 Å². The number of halogens is 1. The molecule has 4 N–H and O–H groups in total. The molecule has 10 heteroatoms. The van der Waals surface area contributed by atoms with Gasteiger partial charge in [-0.25, -0.2) is 14.2 Å². The van der Waals surface area contributed by atoms with Crippen LogP contribution in [0.15, 0.2) is 47.7 Å². The van der Waals surface area contributed by atoms with Gasteiger partial charge in [-0.15, -0.1) is 4.99 Å². The molecule has 162 valence electrons. The molecule has 1 aliphatic heterocycles. The van der Waals surface area contributed by atoms with Gasteiger partial charge in [-0.3, -0.25) is 0 Å². The number of rotatable bonds is 4. The standard InChI is InChI=1S/C21H24FN7O2/c1-14-11-29-12-16(5-6-18(29)25-14)27-7-9-28(10-8-27)17-4-2-3-15(19(17)22)13-31-21(30)26-20(23)24/h2-6,11-12H,7-10,13H2,1H3,(H4,23,24,26,30). The molecule has 0 radical (unpaired) electrons. The first-order valence-corrected chi connectivity index (χ1v) is 9.90. The van der Waals surface area contributed by atoms with Gasteiger partial charge >= 0.3 is 6.09 Å². The Morgan fingerprint density at radius 2 is 1.87 bits per heavy atom. The second kappa shape index (κ2) is 8.50. The van der Waals surface area contributed by atoms with Crippen LogP contribution in [0, 0.1) is 12.7 Å². The average molecular weight is 425 g/mol. The van der Waals surface area contributed by atoms with Gasteiger partial charge in [0.15, 0.2) is 11.8 Å². The van der Waals surface area contributed by atoms with E-state index in [0.29, 0.717) is 18.8 Å². The summed E-state index contributed by atoms with van der Waals surface area (Å²) in [6.45, 7) is 4.55. The smallest absolute Gasteiger partial charge is 0.437 e. The summed E-state index contributed by atoms with van der Waals surface area (Å²) in [6.07, 6.45) is 3.11. The summed E-state index contributed by atoms with van der Waals surface area (Å²) in [4.78, 5) is 23.4. The van der Waals surface area contributed by atoms with Gasteiger partial charge < -0.3 is 30.4 Å². The lowest BCUT2D eigenvalue weighted by Gasteiger charge is -2.37. The van der Waals surface area contributed by atoms with Crippen molar-refractivity contribution < 1.29 is 13.9 Å². The third-order valence-corrected chi connectivity index (χ3v) is 5.17. The highest BCUT2D eigenvalue weighted by Crippen LogP contribution is 2.26. The van der Waals surface area contributed by atoms with Crippen LogP contribution in [0.25, 0.3) is 5.65 Å². The number of piperazine rings is 1. The molecule has 0 atom stereocenters. The fraction of sp³-hybridized carbons (Fsp3) is 0.286. The van der Waals surface area contributed by atoms with Gasteiger partial charge in [0, 0.05) is 44.1 Å². The van der Waals surface area contributed by atoms with Crippen LogP contribution >= 0.6 is 0 Å². The molecule has 0 bridgehead atoms. The second-order valence-electron chi connectivity index (χ2n) is 7.35. The Bertz CT molecular complexity index is 1130. The Kier molecular flexibility index (Phi) is 5.61. The molecule has 4 rings (SSSR count). The lowest BCUT2D eigenvalue weighted by atomic mass is 10.1. The van der Waals surface area contributed by atoms with Crippen molar-refractivity contribution in [2.24, 2.45) is 16.5 Å². The zero-order chi connectivity index (χ0) is 22.0. The van der Waals surface area contributed by atoms with Crippen molar-refractivity contribution in [2.75, 3.05) is 36.0 Å². The van der Waals surface area contributed by atoms with Gasteiger partial charge in [-0.1, -0.05) is 12.1 Å². The zero-order valence-electron chi connectivity index (χ0n) is 17.2. The number of fused-ring (bicyclic) bond motifs is 1. The summed E-state index contributed by atoms with van der Waals surface area (Å²) in [5.74, 6) is -0.817. The molecule has 1 aromatic carbocycles. The van der Waals surface area contributed by atoms with Crippen LogP contribution in [0.5, 0.6) is 0 Å². The number of nitrogens with zero attached hydrogens (tertiary/aromatic N) is 5. The van der Waals surface area contributed by atoms with Crippen LogP contribution < -0.4 is 21.3 Å². The molecule has 0 aliphatic carbocycles. The van der Waals surface area contributed by atoms with Gasteiger partial charge in [0.05, 0.1) is 17.1 Å². The number of pyridine rings is 1. The molecule has 9 nitrogen and oxygen atoms in total. The fourth-order valence-electron chi connectivity index (χ4n) is 3.70. The zero-order valence-corrected chi connectivity index (χ0v) is 17.2. The predicted octanol–water partition coefficient (Wildman–Crippen LogP) is 2.02. The Labute approximate surface area is 178 Å². The van der Waals surface area contributed by atoms with Crippen molar-refractivity contribution >= 4 is 29.1 Å². The number of ether oxygens (including phenoxy) is 1. The van der Waals surface area contributed by atoms with Crippen molar-refractivity contribution in [2.45, 2.75) is 13.5 Å². The van der Waals surface area contributed by atoms with Crippen LogP contribution in [0.4, 0.5) is 20.6 Å². The molecule has 0 unspecified atom stereocenters. The first kappa shape index (κ1) is 20.5. The minimum absolute atomic E-state index is 0.250. The first-order valence-electron chi connectivity index (χ1n) is 9.90. The molecule has 1 saturated heterocycles. The van der Waals surface area contributed by atoms with Crippen molar-refractivity contribution in [1.82, 2.24) is 9.38 Å². The number of benzene rings is 1. The minimum Gasteiger partial charge on any atom is -0.443 e. The number of amides is 1. The molecule has 1 aliphatic rings. The predicted molar refractivity (Wildman–Crippen MR) is 117 cm³/mol. The molecule has 3 aromatic rings. The van der Waals surface area contributed by atoms with E-state index in [0.717, 1.165) is 30.1 Å². The third kappa shape index (κ3) is 4.52. The van der Waals surface area contributed by atoms with Gasteiger partial charge in [-0.2, -0.15) is 0 Å². The fourth-order valence-corrected chi connectivity index (χ4v) is 3.70. The number of hydrogen-bond donors (Lipinski definition) is 2. The number of aliphatic imine (C=N–C) groups is 1. The number of imidazole rings is 1. The topological polar surface area (TPSA) is 114 Å². The van der Waals surface area contributed by atoms with Gasteiger partial charge in [0.1, 0.15) is 12.3 Å². The van der Waals surface area contributed by atoms with E-state index in [-0.39, 0.29) is 12.2 Å². The Morgan fingerprint density at radius 3 is 2.61 bits per heavy atom. The number of aromatic nitrogens is 2. The van der Waals surface area contributed by atoms with E-state index in [1.807, 2.05) is 28.5 Å². The molecule has 1 fully saturated rings. The number of carbonyl (C=O) groups is 1. The van der Waals surface area contributed by atoms with E-state index in [2.05, 4.69) is 27.1 Å². The van der Waals surface area contributed by atoms with E-state index in [9.17, 15) is 4.79 Å². The maximum Gasteiger partial charge on any atom is 0.437 e. The normalized spacial score (nSPS) is 14.0. The molecular formula is C21H24FN7O2. The molecule has 0 spiro atoms. The summed E-state index contributed by atoms with van der Waals surface area (Å²) >= 11 is 0. The van der Waals surface area contributed by atoms with Crippen molar-refractivity contribution in [3.05, 3.63) is 59.8 Å². The summed E-state index contributed by atoms with van der Waals surface area (Å²) in [5, 5.41) is 0. The SMILES string of the molecule is Cc1cn2cc(N3CCN(c4cccc(COC(=O)N=C(N)N)c4F)CC3)ccc2n1. The third-order valence-electron chi connectivity index (χ3n) is 5.17. The van der Waals surface area contributed by atoms with Gasteiger partial charge in [0.2, 0.25) is 0 Å². The quantitative estimate of drug-likeness (QED) is 0.485. The Morgan fingerprint density at radius 1 is 1.13 bits per heavy atom. The number of guanidine groups is 1. The first-order chi connectivity index (χ1) is 14.9. The maximum atomic E-state index is 15.0. The summed E-state index contributed by atoms with van der Waals surface area (Å²) in [7, 11) is 0. The number of nitrogens with two attached hydrogens (primary N) is 2. The number of carbonyl (C=O) groups excluding carboxylic acids is 1. The monoisotopic (exact) mass is 425 g/mol. The van der Waals surface area contributed by atoms with E-state index in [1.165, 1.54) is 0 Å². The van der Waals surface area contributed by atoms with E-state index in [1.54, 1.807) is 18.2 Å². The molecule has 2 aromatic heterocycles. The molecule has 3 heterocycles.